The first-order valence-corrected chi connectivity index (χ1v) is 4.54. The number of rotatable bonds is 3. The molecule has 0 saturated carbocycles. The third-order valence-electron chi connectivity index (χ3n) is 1.99. The van der Waals surface area contributed by atoms with Crippen LogP contribution in [0.25, 0.3) is 0 Å². The van der Waals surface area contributed by atoms with Crippen LogP contribution in [0.1, 0.15) is 31.1 Å². The summed E-state index contributed by atoms with van der Waals surface area (Å²) >= 11 is 0. The lowest BCUT2D eigenvalue weighted by molar-refractivity contribution is 0.195. The fraction of sp³-hybridized carbons (Fsp3) is 0.455. The van der Waals surface area contributed by atoms with Crippen molar-refractivity contribution in [2.45, 2.75) is 32.5 Å². The number of aliphatic hydroxyl groups is 2. The first-order chi connectivity index (χ1) is 6.09. The van der Waals surface area contributed by atoms with Gasteiger partial charge in [-0.05, 0) is 31.4 Å². The molecule has 13 heavy (non-hydrogen) atoms. The summed E-state index contributed by atoms with van der Waals surface area (Å²) in [5.41, 5.74) is 2.01. The Balaban J connectivity index is 2.70. The lowest BCUT2D eigenvalue weighted by Gasteiger charge is -2.07. The van der Waals surface area contributed by atoms with Gasteiger partial charge in [-0.1, -0.05) is 24.3 Å². The van der Waals surface area contributed by atoms with Gasteiger partial charge in [0.25, 0.3) is 0 Å². The van der Waals surface area contributed by atoms with Gasteiger partial charge in [0, 0.05) is 0 Å². The second kappa shape index (κ2) is 4.40. The molecule has 0 aliphatic carbocycles. The summed E-state index contributed by atoms with van der Waals surface area (Å²) < 4.78 is 0. The maximum Gasteiger partial charge on any atom is 0.0761 e. The van der Waals surface area contributed by atoms with Crippen molar-refractivity contribution in [2.24, 2.45) is 0 Å². The molecule has 0 radical (unpaired) electrons. The Bertz CT molecular complexity index is 249. The van der Waals surface area contributed by atoms with E-state index in [0.29, 0.717) is 6.42 Å². The summed E-state index contributed by atoms with van der Waals surface area (Å²) in [6.45, 7) is 3.51. The number of aliphatic hydroxyl groups excluding tert-OH is 2. The third-order valence-corrected chi connectivity index (χ3v) is 1.99. The molecule has 0 bridgehead atoms. The van der Waals surface area contributed by atoms with Gasteiger partial charge in [-0.3, -0.25) is 0 Å². The maximum atomic E-state index is 9.25. The standard InChI is InChI=1S/C11H16O2/c1-8(12)7-10-3-5-11(6-4-10)9(2)13/h3-6,8-9,12-13H,7H2,1-2H3. The van der Waals surface area contributed by atoms with Gasteiger partial charge in [-0.25, -0.2) is 0 Å². The molecule has 0 saturated heterocycles. The van der Waals surface area contributed by atoms with Crippen molar-refractivity contribution < 1.29 is 10.2 Å². The predicted octanol–water partition coefficient (Wildman–Crippen LogP) is 1.66. The highest BCUT2D eigenvalue weighted by atomic mass is 16.3. The Morgan fingerprint density at radius 3 is 2.00 bits per heavy atom. The van der Waals surface area contributed by atoms with Crippen LogP contribution >= 0.6 is 0 Å². The first-order valence-electron chi connectivity index (χ1n) is 4.54. The second-order valence-electron chi connectivity index (χ2n) is 3.47. The Kier molecular flexibility index (Phi) is 3.46. The van der Waals surface area contributed by atoms with Crippen LogP contribution in [-0.4, -0.2) is 16.3 Å². The molecule has 2 atom stereocenters. The van der Waals surface area contributed by atoms with E-state index >= 15 is 0 Å². The minimum atomic E-state index is -0.416. The lowest BCUT2D eigenvalue weighted by Crippen LogP contribution is -2.04. The normalized spacial score (nSPS) is 15.4. The number of hydrogen-bond donors (Lipinski definition) is 2. The maximum absolute atomic E-state index is 9.25. The highest BCUT2D eigenvalue weighted by Gasteiger charge is 2.01. The molecule has 0 aliphatic heterocycles. The fourth-order valence-corrected chi connectivity index (χ4v) is 1.27. The molecule has 2 unspecified atom stereocenters. The van der Waals surface area contributed by atoms with Crippen LogP contribution in [0.15, 0.2) is 24.3 Å². The van der Waals surface area contributed by atoms with Crippen LogP contribution < -0.4 is 0 Å². The topological polar surface area (TPSA) is 40.5 Å². The van der Waals surface area contributed by atoms with E-state index in [9.17, 15) is 5.11 Å². The van der Waals surface area contributed by atoms with Gasteiger partial charge < -0.3 is 10.2 Å². The molecule has 0 fully saturated rings. The van der Waals surface area contributed by atoms with Gasteiger partial charge in [0.05, 0.1) is 12.2 Å². The van der Waals surface area contributed by atoms with E-state index in [1.807, 2.05) is 24.3 Å². The second-order valence-corrected chi connectivity index (χ2v) is 3.47. The SMILES string of the molecule is CC(O)Cc1ccc(C(C)O)cc1. The van der Waals surface area contributed by atoms with Crippen LogP contribution in [0.5, 0.6) is 0 Å². The van der Waals surface area contributed by atoms with Gasteiger partial charge in [0.1, 0.15) is 0 Å². The summed E-state index contributed by atoms with van der Waals surface area (Å²) in [4.78, 5) is 0. The average molecular weight is 180 g/mol. The number of hydrogen-bond acceptors (Lipinski definition) is 2. The van der Waals surface area contributed by atoms with Gasteiger partial charge in [-0.15, -0.1) is 0 Å². The third kappa shape index (κ3) is 3.17. The minimum Gasteiger partial charge on any atom is -0.393 e. The quantitative estimate of drug-likeness (QED) is 0.742. The Labute approximate surface area is 78.8 Å². The van der Waals surface area contributed by atoms with Crippen LogP contribution in [0.3, 0.4) is 0 Å². The van der Waals surface area contributed by atoms with Crippen molar-refractivity contribution in [3.8, 4) is 0 Å². The monoisotopic (exact) mass is 180 g/mol. The van der Waals surface area contributed by atoms with Crippen LogP contribution in [0.2, 0.25) is 0 Å². The molecule has 2 heteroatoms. The van der Waals surface area contributed by atoms with E-state index in [0.717, 1.165) is 11.1 Å². The van der Waals surface area contributed by atoms with Gasteiger partial charge in [0.2, 0.25) is 0 Å². The Hall–Kier alpha value is -0.860. The summed E-state index contributed by atoms with van der Waals surface area (Å²) in [5.74, 6) is 0. The molecule has 0 aromatic heterocycles. The lowest BCUT2D eigenvalue weighted by atomic mass is 10.0. The zero-order valence-corrected chi connectivity index (χ0v) is 8.07. The molecule has 1 aromatic carbocycles. The largest absolute Gasteiger partial charge is 0.393 e. The molecule has 0 aliphatic rings. The number of benzene rings is 1. The molecule has 72 valence electrons. The fourth-order valence-electron chi connectivity index (χ4n) is 1.27. The summed E-state index contributed by atoms with van der Waals surface area (Å²) in [6.07, 6.45) is -0.0573. The van der Waals surface area contributed by atoms with Crippen molar-refractivity contribution in [2.75, 3.05) is 0 Å². The zero-order valence-electron chi connectivity index (χ0n) is 8.07. The minimum absolute atomic E-state index is 0.308. The van der Waals surface area contributed by atoms with Crippen LogP contribution in [0, 0.1) is 0 Å². The Morgan fingerprint density at radius 1 is 1.08 bits per heavy atom. The highest BCUT2D eigenvalue weighted by molar-refractivity contribution is 5.24. The van der Waals surface area contributed by atoms with Crippen LogP contribution in [0.4, 0.5) is 0 Å². The molecule has 2 nitrogen and oxygen atoms in total. The molecule has 2 N–H and O–H groups in total. The summed E-state index contributed by atoms with van der Waals surface area (Å²) in [6, 6.07) is 7.66. The van der Waals surface area contributed by atoms with Crippen molar-refractivity contribution in [1.29, 1.82) is 0 Å². The summed E-state index contributed by atoms with van der Waals surface area (Å²) in [7, 11) is 0. The van der Waals surface area contributed by atoms with E-state index < -0.39 is 6.10 Å². The smallest absolute Gasteiger partial charge is 0.0761 e. The van der Waals surface area contributed by atoms with E-state index in [1.165, 1.54) is 0 Å². The zero-order chi connectivity index (χ0) is 9.84. The van der Waals surface area contributed by atoms with E-state index in [-0.39, 0.29) is 6.10 Å². The molecule has 0 spiro atoms. The highest BCUT2D eigenvalue weighted by Crippen LogP contribution is 2.13. The predicted molar refractivity (Wildman–Crippen MR) is 52.5 cm³/mol. The van der Waals surface area contributed by atoms with Crippen molar-refractivity contribution in [1.82, 2.24) is 0 Å². The molecular weight excluding hydrogens is 164 g/mol. The molecule has 1 rings (SSSR count). The van der Waals surface area contributed by atoms with E-state index in [4.69, 9.17) is 5.11 Å². The molecule has 1 aromatic rings. The average Bonchev–Trinajstić information content (AvgIpc) is 2.04. The molecule has 0 heterocycles. The summed E-state index contributed by atoms with van der Waals surface area (Å²) in [5, 5.41) is 18.4. The van der Waals surface area contributed by atoms with E-state index in [1.54, 1.807) is 13.8 Å². The van der Waals surface area contributed by atoms with Crippen LogP contribution in [-0.2, 0) is 6.42 Å². The van der Waals surface area contributed by atoms with Crippen molar-refractivity contribution >= 4 is 0 Å². The van der Waals surface area contributed by atoms with Crippen molar-refractivity contribution in [3.63, 3.8) is 0 Å². The van der Waals surface area contributed by atoms with Gasteiger partial charge in [-0.2, -0.15) is 0 Å². The van der Waals surface area contributed by atoms with Gasteiger partial charge >= 0.3 is 0 Å². The van der Waals surface area contributed by atoms with Gasteiger partial charge in [0.15, 0.2) is 0 Å². The molecular formula is C11H16O2. The molecule has 0 amide bonds. The van der Waals surface area contributed by atoms with Crippen molar-refractivity contribution in [3.05, 3.63) is 35.4 Å². The Morgan fingerprint density at radius 2 is 1.62 bits per heavy atom. The first kappa shape index (κ1) is 10.2. The van der Waals surface area contributed by atoms with E-state index in [2.05, 4.69) is 0 Å².